The number of nitrogens with one attached hydrogen (secondary N) is 1. The Morgan fingerprint density at radius 3 is 2.90 bits per heavy atom. The van der Waals surface area contributed by atoms with Gasteiger partial charge in [0.1, 0.15) is 23.7 Å². The normalized spacial score (nSPS) is 19.5. The maximum Gasteiger partial charge on any atom is 0.275 e. The molecule has 0 saturated heterocycles. The standard InChI is InChI=1S/C21H25N7O2/c1-14-7-8-28(27-14)15(2)11-24-18(10-22)20(29)25-17-6-4-5-16(9-17)21(3)13-30-12-19(23)26-21/h4-11H,2,12-13,22H2,1,3H3,(H2,23,26)(H,25,29)/b18-10-,24-11-. The Morgan fingerprint density at radius 1 is 1.43 bits per heavy atom. The predicted octanol–water partition coefficient (Wildman–Crippen LogP) is 1.77. The van der Waals surface area contributed by atoms with Gasteiger partial charge in [0.2, 0.25) is 0 Å². The molecule has 1 aliphatic heterocycles. The summed E-state index contributed by atoms with van der Waals surface area (Å²) in [6.45, 7) is 8.40. The molecule has 1 amide bonds. The van der Waals surface area contributed by atoms with Crippen LogP contribution in [0, 0.1) is 6.92 Å². The van der Waals surface area contributed by atoms with E-state index in [1.807, 2.05) is 38.1 Å². The number of hydrogen-bond acceptors (Lipinski definition) is 7. The number of benzene rings is 1. The van der Waals surface area contributed by atoms with Crippen molar-refractivity contribution < 1.29 is 9.53 Å². The SMILES string of the molecule is C=C(/C=N\C(=C/N)C(=O)Nc1cccc(C2(C)COCC(N)=N2)c1)n1ccc(C)n1. The van der Waals surface area contributed by atoms with Crippen molar-refractivity contribution in [2.75, 3.05) is 18.5 Å². The van der Waals surface area contributed by atoms with Crippen molar-refractivity contribution in [3.63, 3.8) is 0 Å². The Morgan fingerprint density at radius 2 is 2.23 bits per heavy atom. The van der Waals surface area contributed by atoms with E-state index in [1.54, 1.807) is 16.9 Å². The highest BCUT2D eigenvalue weighted by molar-refractivity contribution is 6.08. The molecule has 1 aromatic heterocycles. The van der Waals surface area contributed by atoms with Crippen molar-refractivity contribution in [2.45, 2.75) is 19.4 Å². The Hall–Kier alpha value is -3.72. The van der Waals surface area contributed by atoms with Crippen molar-refractivity contribution in [2.24, 2.45) is 21.5 Å². The van der Waals surface area contributed by atoms with E-state index in [1.165, 1.54) is 6.21 Å². The molecule has 9 nitrogen and oxygen atoms in total. The summed E-state index contributed by atoms with van der Waals surface area (Å²) >= 11 is 0. The monoisotopic (exact) mass is 407 g/mol. The molecule has 0 saturated carbocycles. The molecule has 5 N–H and O–H groups in total. The summed E-state index contributed by atoms with van der Waals surface area (Å²) < 4.78 is 7.08. The highest BCUT2D eigenvalue weighted by atomic mass is 16.5. The average molecular weight is 407 g/mol. The summed E-state index contributed by atoms with van der Waals surface area (Å²) in [7, 11) is 0. The molecule has 3 rings (SSSR count). The quantitative estimate of drug-likeness (QED) is 0.496. The molecule has 9 heteroatoms. The minimum Gasteiger partial charge on any atom is -0.403 e. The number of nitrogens with two attached hydrogens (primary N) is 2. The summed E-state index contributed by atoms with van der Waals surface area (Å²) in [4.78, 5) is 21.3. The van der Waals surface area contributed by atoms with Crippen LogP contribution < -0.4 is 16.8 Å². The molecule has 2 heterocycles. The summed E-state index contributed by atoms with van der Waals surface area (Å²) in [5.41, 5.74) is 13.6. The van der Waals surface area contributed by atoms with Gasteiger partial charge in [-0.2, -0.15) is 5.10 Å². The zero-order chi connectivity index (χ0) is 21.7. The number of carbonyl (C=O) groups excluding carboxylic acids is 1. The molecule has 1 aromatic carbocycles. The number of anilines is 1. The second kappa shape index (κ2) is 8.75. The molecule has 1 unspecified atom stereocenters. The van der Waals surface area contributed by atoms with Crippen molar-refractivity contribution >= 4 is 29.3 Å². The van der Waals surface area contributed by atoms with Gasteiger partial charge in [0.15, 0.2) is 0 Å². The number of aromatic nitrogens is 2. The summed E-state index contributed by atoms with van der Waals surface area (Å²) in [6.07, 6.45) is 4.32. The van der Waals surface area contributed by atoms with E-state index in [4.69, 9.17) is 16.2 Å². The zero-order valence-electron chi connectivity index (χ0n) is 17.0. The fourth-order valence-corrected chi connectivity index (χ4v) is 2.97. The number of ether oxygens (including phenoxy) is 1. The molecule has 1 atom stereocenters. The topological polar surface area (TPSA) is 133 Å². The van der Waals surface area contributed by atoms with E-state index < -0.39 is 11.4 Å². The van der Waals surface area contributed by atoms with Crippen molar-refractivity contribution in [3.05, 3.63) is 66.3 Å². The van der Waals surface area contributed by atoms with Gasteiger partial charge in [0, 0.05) is 18.1 Å². The molecule has 0 spiro atoms. The largest absolute Gasteiger partial charge is 0.403 e. The van der Waals surface area contributed by atoms with Gasteiger partial charge < -0.3 is 21.5 Å². The Bertz CT molecular complexity index is 1050. The van der Waals surface area contributed by atoms with Crippen LogP contribution in [-0.4, -0.2) is 41.0 Å². The average Bonchev–Trinajstić information content (AvgIpc) is 3.15. The molecule has 0 radical (unpaired) electrons. The maximum absolute atomic E-state index is 12.6. The van der Waals surface area contributed by atoms with Gasteiger partial charge >= 0.3 is 0 Å². The molecule has 0 fully saturated rings. The van der Waals surface area contributed by atoms with Gasteiger partial charge in [-0.05, 0) is 37.6 Å². The van der Waals surface area contributed by atoms with Crippen LogP contribution in [0.15, 0.2) is 65.0 Å². The molecule has 2 aromatic rings. The number of carbonyl (C=O) groups is 1. The van der Waals surface area contributed by atoms with E-state index in [2.05, 4.69) is 27.0 Å². The van der Waals surface area contributed by atoms with Crippen LogP contribution in [0.25, 0.3) is 5.70 Å². The lowest BCUT2D eigenvalue weighted by Gasteiger charge is -2.30. The minimum absolute atomic E-state index is 0.0416. The van der Waals surface area contributed by atoms with E-state index in [0.717, 1.165) is 17.5 Å². The lowest BCUT2D eigenvalue weighted by atomic mass is 9.92. The molecule has 0 bridgehead atoms. The van der Waals surface area contributed by atoms with Gasteiger partial charge in [-0.3, -0.25) is 9.79 Å². The van der Waals surface area contributed by atoms with Gasteiger partial charge in [-0.1, -0.05) is 18.7 Å². The van der Waals surface area contributed by atoms with Crippen molar-refractivity contribution in [1.82, 2.24) is 9.78 Å². The number of nitrogens with zero attached hydrogens (tertiary/aromatic N) is 4. The summed E-state index contributed by atoms with van der Waals surface area (Å²) in [5.74, 6) is -0.0168. The third-order valence-electron chi connectivity index (χ3n) is 4.53. The fraction of sp³-hybridized carbons (Fsp3) is 0.238. The molecule has 30 heavy (non-hydrogen) atoms. The molecular formula is C21H25N7O2. The van der Waals surface area contributed by atoms with Crippen LogP contribution in [-0.2, 0) is 15.1 Å². The van der Waals surface area contributed by atoms with Crippen LogP contribution in [0.3, 0.4) is 0 Å². The van der Waals surface area contributed by atoms with Gasteiger partial charge in [-0.25, -0.2) is 9.67 Å². The highest BCUT2D eigenvalue weighted by Gasteiger charge is 2.30. The summed E-state index contributed by atoms with van der Waals surface area (Å²) in [5, 5.41) is 7.03. The number of amidine groups is 1. The van der Waals surface area contributed by atoms with Crippen LogP contribution in [0.1, 0.15) is 18.2 Å². The second-order valence-corrected chi connectivity index (χ2v) is 7.11. The molecule has 1 aliphatic rings. The lowest BCUT2D eigenvalue weighted by molar-refractivity contribution is -0.112. The third-order valence-corrected chi connectivity index (χ3v) is 4.53. The number of aliphatic imine (C=N–C) groups is 2. The van der Waals surface area contributed by atoms with Crippen LogP contribution in [0.4, 0.5) is 5.69 Å². The Balaban J connectivity index is 1.72. The van der Waals surface area contributed by atoms with Crippen molar-refractivity contribution in [1.29, 1.82) is 0 Å². The first-order chi connectivity index (χ1) is 14.3. The predicted molar refractivity (Wildman–Crippen MR) is 118 cm³/mol. The zero-order valence-corrected chi connectivity index (χ0v) is 17.0. The fourth-order valence-electron chi connectivity index (χ4n) is 2.97. The highest BCUT2D eigenvalue weighted by Crippen LogP contribution is 2.30. The van der Waals surface area contributed by atoms with Crippen LogP contribution >= 0.6 is 0 Å². The van der Waals surface area contributed by atoms with E-state index in [9.17, 15) is 4.79 Å². The molecule has 156 valence electrons. The number of aryl methyl sites for hydroxylation is 1. The molecule has 0 aliphatic carbocycles. The van der Waals surface area contributed by atoms with Gasteiger partial charge in [0.05, 0.1) is 24.2 Å². The van der Waals surface area contributed by atoms with E-state index >= 15 is 0 Å². The number of hydrogen-bond donors (Lipinski definition) is 3. The van der Waals surface area contributed by atoms with E-state index in [-0.39, 0.29) is 5.70 Å². The summed E-state index contributed by atoms with van der Waals surface area (Å²) in [6, 6.07) is 9.17. The van der Waals surface area contributed by atoms with Gasteiger partial charge in [0.25, 0.3) is 5.91 Å². The number of amides is 1. The molecular weight excluding hydrogens is 382 g/mol. The smallest absolute Gasteiger partial charge is 0.275 e. The van der Waals surface area contributed by atoms with Gasteiger partial charge in [-0.15, -0.1) is 0 Å². The first-order valence-electron chi connectivity index (χ1n) is 9.32. The third kappa shape index (κ3) is 4.81. The van der Waals surface area contributed by atoms with Crippen LogP contribution in [0.2, 0.25) is 0 Å². The van der Waals surface area contributed by atoms with Crippen molar-refractivity contribution in [3.8, 4) is 0 Å². The Labute approximate surface area is 174 Å². The second-order valence-electron chi connectivity index (χ2n) is 7.11. The maximum atomic E-state index is 12.6. The Kier molecular flexibility index (Phi) is 6.12. The number of rotatable bonds is 6. The first-order valence-corrected chi connectivity index (χ1v) is 9.32. The van der Waals surface area contributed by atoms with Crippen LogP contribution in [0.5, 0.6) is 0 Å². The minimum atomic E-state index is -0.618. The first kappa shape index (κ1) is 21.0. The van der Waals surface area contributed by atoms with E-state index in [0.29, 0.717) is 30.4 Å². The lowest BCUT2D eigenvalue weighted by Crippen LogP contribution is -2.37. The number of allylic oxidation sites excluding steroid dienone is 1.